The Balaban J connectivity index is 1.18. The molecular formula is C36H45N5O7. The largest absolute Gasteiger partial charge is 0.454 e. The third-order valence-corrected chi connectivity index (χ3v) is 7.82. The molecule has 0 spiro atoms. The predicted octanol–water partition coefficient (Wildman–Crippen LogP) is 5.49. The van der Waals surface area contributed by atoms with E-state index in [2.05, 4.69) is 20.9 Å². The van der Waals surface area contributed by atoms with E-state index >= 15 is 0 Å². The number of fused-ring (bicyclic) bond motifs is 1. The fraction of sp³-hybridized carbons (Fsp3) is 0.417. The SMILES string of the molecule is CC(C)(C)OC(=O)Nc1ccccc1NC(=O)c1ccc(CN(CCCN2CCOCC2)C(=O)NCCc2ccc3c(c2)OCO3)cc1. The lowest BCUT2D eigenvalue weighted by Gasteiger charge is -2.28. The van der Waals surface area contributed by atoms with Gasteiger partial charge in [-0.2, -0.15) is 0 Å². The van der Waals surface area contributed by atoms with Crippen LogP contribution in [0.5, 0.6) is 11.5 Å². The van der Waals surface area contributed by atoms with Crippen molar-refractivity contribution in [3.05, 3.63) is 83.4 Å². The Morgan fingerprint density at radius 1 is 0.875 bits per heavy atom. The Morgan fingerprint density at radius 2 is 1.56 bits per heavy atom. The maximum Gasteiger partial charge on any atom is 0.412 e. The number of hydrogen-bond acceptors (Lipinski definition) is 8. The number of hydrogen-bond donors (Lipinski definition) is 3. The van der Waals surface area contributed by atoms with Gasteiger partial charge >= 0.3 is 12.1 Å². The molecular weight excluding hydrogens is 614 g/mol. The summed E-state index contributed by atoms with van der Waals surface area (Å²) in [6.07, 6.45) is 0.872. The van der Waals surface area contributed by atoms with Crippen molar-refractivity contribution in [2.45, 2.75) is 45.8 Å². The van der Waals surface area contributed by atoms with Crippen molar-refractivity contribution in [1.29, 1.82) is 0 Å². The van der Waals surface area contributed by atoms with Gasteiger partial charge in [-0.05, 0) is 81.1 Å². The van der Waals surface area contributed by atoms with Gasteiger partial charge in [-0.25, -0.2) is 9.59 Å². The van der Waals surface area contributed by atoms with Gasteiger partial charge in [0.15, 0.2) is 11.5 Å². The van der Waals surface area contributed by atoms with Crippen molar-refractivity contribution in [2.24, 2.45) is 0 Å². The minimum absolute atomic E-state index is 0.145. The highest BCUT2D eigenvalue weighted by molar-refractivity contribution is 6.06. The average Bonchev–Trinajstić information content (AvgIpc) is 3.53. The molecule has 1 fully saturated rings. The van der Waals surface area contributed by atoms with Crippen molar-refractivity contribution in [3.8, 4) is 11.5 Å². The van der Waals surface area contributed by atoms with Gasteiger partial charge in [0.05, 0.1) is 24.6 Å². The summed E-state index contributed by atoms with van der Waals surface area (Å²) >= 11 is 0. The molecule has 48 heavy (non-hydrogen) atoms. The summed E-state index contributed by atoms with van der Waals surface area (Å²) in [6.45, 7) is 11.2. The van der Waals surface area contributed by atoms with E-state index in [4.69, 9.17) is 18.9 Å². The van der Waals surface area contributed by atoms with Crippen LogP contribution in [0, 0.1) is 0 Å². The third-order valence-electron chi connectivity index (χ3n) is 7.82. The lowest BCUT2D eigenvalue weighted by molar-refractivity contribution is 0.0364. The summed E-state index contributed by atoms with van der Waals surface area (Å²) in [6, 6.07) is 19.8. The number of benzene rings is 3. The number of nitrogens with one attached hydrogen (secondary N) is 3. The first-order chi connectivity index (χ1) is 23.1. The van der Waals surface area contributed by atoms with Crippen LogP contribution in [0.3, 0.4) is 0 Å². The Hall–Kier alpha value is -4.81. The number of urea groups is 1. The number of amides is 4. The molecule has 0 unspecified atom stereocenters. The van der Waals surface area contributed by atoms with Crippen molar-refractivity contribution in [1.82, 2.24) is 15.1 Å². The van der Waals surface area contributed by atoms with Gasteiger partial charge < -0.3 is 34.5 Å². The fourth-order valence-corrected chi connectivity index (χ4v) is 5.38. The van der Waals surface area contributed by atoms with E-state index in [1.807, 2.05) is 35.2 Å². The van der Waals surface area contributed by atoms with Gasteiger partial charge in [-0.1, -0.05) is 30.3 Å². The molecule has 0 aromatic heterocycles. The zero-order valence-corrected chi connectivity index (χ0v) is 27.9. The van der Waals surface area contributed by atoms with Crippen LogP contribution in [-0.4, -0.2) is 86.2 Å². The molecule has 2 aliphatic rings. The lowest BCUT2D eigenvalue weighted by Crippen LogP contribution is -2.42. The minimum atomic E-state index is -0.656. The lowest BCUT2D eigenvalue weighted by atomic mass is 10.1. The molecule has 12 heteroatoms. The van der Waals surface area contributed by atoms with Crippen LogP contribution in [-0.2, 0) is 22.4 Å². The zero-order chi connectivity index (χ0) is 33.9. The first-order valence-corrected chi connectivity index (χ1v) is 16.3. The summed E-state index contributed by atoms with van der Waals surface area (Å²) in [7, 11) is 0. The van der Waals surface area contributed by atoms with Crippen LogP contribution < -0.4 is 25.4 Å². The standard InChI is InChI=1S/C36H45N5O7/c1-36(2,3)48-35(44)39-30-8-5-4-7-29(30)38-33(42)28-12-9-27(10-13-28)24-41(18-6-17-40-19-21-45-22-20-40)34(43)37-16-15-26-11-14-31-32(23-26)47-25-46-31/h4-5,7-14,23H,6,15-22,24-25H2,1-3H3,(H,37,43)(H,38,42)(H,39,44). The second-order valence-corrected chi connectivity index (χ2v) is 12.7. The molecule has 4 amide bonds. The Bertz CT molecular complexity index is 1550. The van der Waals surface area contributed by atoms with Crippen molar-refractivity contribution >= 4 is 29.4 Å². The van der Waals surface area contributed by atoms with Crippen LogP contribution >= 0.6 is 0 Å². The van der Waals surface area contributed by atoms with Crippen LogP contribution in [0.25, 0.3) is 0 Å². The monoisotopic (exact) mass is 659 g/mol. The number of morpholine rings is 1. The highest BCUT2D eigenvalue weighted by atomic mass is 16.7. The maximum absolute atomic E-state index is 13.4. The second-order valence-electron chi connectivity index (χ2n) is 12.7. The van der Waals surface area contributed by atoms with E-state index < -0.39 is 11.7 Å². The van der Waals surface area contributed by atoms with E-state index in [1.54, 1.807) is 57.2 Å². The summed E-state index contributed by atoms with van der Waals surface area (Å²) in [5.74, 6) is 1.13. The van der Waals surface area contributed by atoms with Crippen LogP contribution in [0.15, 0.2) is 66.7 Å². The normalized spacial score (nSPS) is 14.2. The number of nitrogens with zero attached hydrogens (tertiary/aromatic N) is 2. The molecule has 0 saturated carbocycles. The zero-order valence-electron chi connectivity index (χ0n) is 27.9. The molecule has 256 valence electrons. The molecule has 0 bridgehead atoms. The Morgan fingerprint density at radius 3 is 2.29 bits per heavy atom. The van der Waals surface area contributed by atoms with Crippen molar-refractivity contribution < 1.29 is 33.3 Å². The van der Waals surface area contributed by atoms with Crippen molar-refractivity contribution in [3.63, 3.8) is 0 Å². The molecule has 1 saturated heterocycles. The topological polar surface area (TPSA) is 131 Å². The molecule has 0 aliphatic carbocycles. The first kappa shape index (κ1) is 34.5. The van der Waals surface area contributed by atoms with Gasteiger partial charge in [-0.15, -0.1) is 0 Å². The third kappa shape index (κ3) is 10.3. The highest BCUT2D eigenvalue weighted by Crippen LogP contribution is 2.32. The molecule has 3 aromatic carbocycles. The Kier molecular flexibility index (Phi) is 11.8. The van der Waals surface area contributed by atoms with E-state index in [0.717, 1.165) is 61.9 Å². The maximum atomic E-state index is 13.4. The average molecular weight is 660 g/mol. The predicted molar refractivity (Wildman–Crippen MR) is 183 cm³/mol. The smallest absolute Gasteiger partial charge is 0.412 e. The summed E-state index contributed by atoms with van der Waals surface area (Å²) in [5, 5.41) is 8.64. The number of carbonyl (C=O) groups is 3. The van der Waals surface area contributed by atoms with Gasteiger partial charge in [0.2, 0.25) is 6.79 Å². The molecule has 0 atom stereocenters. The van der Waals surface area contributed by atoms with Gasteiger partial charge in [0, 0.05) is 44.8 Å². The van der Waals surface area contributed by atoms with E-state index in [0.29, 0.717) is 43.0 Å². The molecule has 3 aromatic rings. The number of rotatable bonds is 12. The van der Waals surface area contributed by atoms with Crippen molar-refractivity contribution in [2.75, 3.05) is 63.4 Å². The highest BCUT2D eigenvalue weighted by Gasteiger charge is 2.19. The summed E-state index contributed by atoms with van der Waals surface area (Å²) in [4.78, 5) is 43.0. The van der Waals surface area contributed by atoms with Crippen LogP contribution in [0.1, 0.15) is 48.7 Å². The minimum Gasteiger partial charge on any atom is -0.454 e. The van der Waals surface area contributed by atoms with Gasteiger partial charge in [0.1, 0.15) is 5.60 Å². The van der Waals surface area contributed by atoms with Gasteiger partial charge in [0.25, 0.3) is 5.91 Å². The Labute approximate surface area is 281 Å². The van der Waals surface area contributed by atoms with Crippen LogP contribution in [0.4, 0.5) is 21.0 Å². The number of anilines is 2. The molecule has 3 N–H and O–H groups in total. The van der Waals surface area contributed by atoms with Gasteiger partial charge in [-0.3, -0.25) is 15.0 Å². The van der Waals surface area contributed by atoms with E-state index in [9.17, 15) is 14.4 Å². The van der Waals surface area contributed by atoms with E-state index in [1.165, 1.54) is 0 Å². The van der Waals surface area contributed by atoms with E-state index in [-0.39, 0.29) is 18.7 Å². The second kappa shape index (κ2) is 16.3. The summed E-state index contributed by atoms with van der Waals surface area (Å²) in [5.41, 5.74) is 2.61. The first-order valence-electron chi connectivity index (χ1n) is 16.3. The molecule has 2 heterocycles. The van der Waals surface area contributed by atoms with Crippen LogP contribution in [0.2, 0.25) is 0 Å². The molecule has 5 rings (SSSR count). The molecule has 12 nitrogen and oxygen atoms in total. The number of carbonyl (C=O) groups excluding carboxylic acids is 3. The summed E-state index contributed by atoms with van der Waals surface area (Å²) < 4.78 is 21.7. The molecule has 2 aliphatic heterocycles. The number of para-hydroxylation sites is 2. The molecule has 0 radical (unpaired) electrons. The fourth-order valence-electron chi connectivity index (χ4n) is 5.38. The number of ether oxygens (including phenoxy) is 4. The quantitative estimate of drug-likeness (QED) is 0.233.